The number of rotatable bonds is 5. The summed E-state index contributed by atoms with van der Waals surface area (Å²) in [7, 11) is 0. The second kappa shape index (κ2) is 7.80. The second-order valence-corrected chi connectivity index (χ2v) is 7.19. The smallest absolute Gasteiger partial charge is 0.234 e. The van der Waals surface area contributed by atoms with Gasteiger partial charge in [-0.05, 0) is 53.3 Å². The highest BCUT2D eigenvalue weighted by molar-refractivity contribution is 14.1. The molecule has 1 aromatic heterocycles. The van der Waals surface area contributed by atoms with Crippen molar-refractivity contribution in [2.75, 3.05) is 11.1 Å². The van der Waals surface area contributed by atoms with Crippen LogP contribution in [0.5, 0.6) is 0 Å². The first kappa shape index (κ1) is 17.0. The van der Waals surface area contributed by atoms with Gasteiger partial charge in [0.2, 0.25) is 5.91 Å². The molecule has 0 aliphatic heterocycles. The summed E-state index contributed by atoms with van der Waals surface area (Å²) in [5.41, 5.74) is 2.97. The predicted octanol–water partition coefficient (Wildman–Crippen LogP) is 3.91. The Morgan fingerprint density at radius 1 is 1.21 bits per heavy atom. The number of nitrogens with one attached hydrogen (secondary N) is 1. The van der Waals surface area contributed by atoms with Crippen LogP contribution in [0.25, 0.3) is 5.69 Å². The van der Waals surface area contributed by atoms with E-state index in [-0.39, 0.29) is 11.7 Å². The number of aromatic nitrogens is 3. The first-order chi connectivity index (χ1) is 11.6. The highest BCUT2D eigenvalue weighted by Gasteiger charge is 2.12. The Balaban J connectivity index is 1.68. The molecule has 24 heavy (non-hydrogen) atoms. The molecule has 0 radical (unpaired) electrons. The Bertz CT molecular complexity index is 865. The third-order valence-electron chi connectivity index (χ3n) is 3.37. The van der Waals surface area contributed by atoms with Gasteiger partial charge in [0.1, 0.15) is 6.33 Å². The standard InChI is InChI=1S/C17H15IN4OS/c1-12-6-2-5-9-15(12)22-11-19-21-17(22)24-10-16(23)20-14-8-4-3-7-13(14)18/h2-9,11H,10H2,1H3,(H,20,23). The second-order valence-electron chi connectivity index (χ2n) is 5.09. The van der Waals surface area contributed by atoms with E-state index in [1.807, 2.05) is 60.0 Å². The predicted molar refractivity (Wildman–Crippen MR) is 105 cm³/mol. The molecule has 1 heterocycles. The quantitative estimate of drug-likeness (QED) is 0.473. The summed E-state index contributed by atoms with van der Waals surface area (Å²) in [4.78, 5) is 12.2. The average molecular weight is 450 g/mol. The van der Waals surface area contributed by atoms with Gasteiger partial charge in [-0.1, -0.05) is 42.1 Å². The molecule has 7 heteroatoms. The van der Waals surface area contributed by atoms with Crippen LogP contribution in [0, 0.1) is 10.5 Å². The third-order valence-corrected chi connectivity index (χ3v) is 5.26. The monoisotopic (exact) mass is 450 g/mol. The number of carbonyl (C=O) groups excluding carboxylic acids is 1. The van der Waals surface area contributed by atoms with E-state index in [1.54, 1.807) is 6.33 Å². The van der Waals surface area contributed by atoms with Crippen molar-refractivity contribution in [1.29, 1.82) is 0 Å². The van der Waals surface area contributed by atoms with Crippen molar-refractivity contribution in [3.8, 4) is 5.69 Å². The molecule has 0 aliphatic rings. The number of hydrogen-bond acceptors (Lipinski definition) is 4. The van der Waals surface area contributed by atoms with Crippen molar-refractivity contribution in [2.45, 2.75) is 12.1 Å². The van der Waals surface area contributed by atoms with E-state index < -0.39 is 0 Å². The fourth-order valence-electron chi connectivity index (χ4n) is 2.20. The lowest BCUT2D eigenvalue weighted by atomic mass is 10.2. The first-order valence-corrected chi connectivity index (χ1v) is 9.35. The highest BCUT2D eigenvalue weighted by Crippen LogP contribution is 2.22. The van der Waals surface area contributed by atoms with Crippen LogP contribution >= 0.6 is 34.4 Å². The highest BCUT2D eigenvalue weighted by atomic mass is 127. The lowest BCUT2D eigenvalue weighted by Gasteiger charge is -2.09. The molecule has 3 rings (SSSR count). The molecule has 1 N–H and O–H groups in total. The molecule has 2 aromatic carbocycles. The van der Waals surface area contributed by atoms with Gasteiger partial charge in [-0.2, -0.15) is 0 Å². The van der Waals surface area contributed by atoms with Crippen LogP contribution in [0.1, 0.15) is 5.56 Å². The maximum Gasteiger partial charge on any atom is 0.234 e. The topological polar surface area (TPSA) is 59.8 Å². The van der Waals surface area contributed by atoms with E-state index in [2.05, 4.69) is 38.1 Å². The Labute approximate surface area is 158 Å². The summed E-state index contributed by atoms with van der Waals surface area (Å²) in [5, 5.41) is 11.7. The Morgan fingerprint density at radius 2 is 1.96 bits per heavy atom. The van der Waals surface area contributed by atoms with Crippen LogP contribution < -0.4 is 5.32 Å². The minimum absolute atomic E-state index is 0.0663. The number of halogens is 1. The molecule has 1 amide bonds. The molecule has 0 fully saturated rings. The Morgan fingerprint density at radius 3 is 2.75 bits per heavy atom. The van der Waals surface area contributed by atoms with E-state index in [9.17, 15) is 4.79 Å². The average Bonchev–Trinajstić information content (AvgIpc) is 3.04. The lowest BCUT2D eigenvalue weighted by molar-refractivity contribution is -0.113. The van der Waals surface area contributed by atoms with Crippen molar-refractivity contribution in [2.24, 2.45) is 0 Å². The summed E-state index contributed by atoms with van der Waals surface area (Å²) in [6, 6.07) is 15.7. The maximum absolute atomic E-state index is 12.2. The molecule has 0 saturated heterocycles. The molecule has 0 atom stereocenters. The lowest BCUT2D eigenvalue weighted by Crippen LogP contribution is -2.15. The van der Waals surface area contributed by atoms with Crippen LogP contribution in [-0.4, -0.2) is 26.4 Å². The molecule has 0 spiro atoms. The number of hydrogen-bond donors (Lipinski definition) is 1. The maximum atomic E-state index is 12.2. The number of thioether (sulfide) groups is 1. The number of nitrogens with zero attached hydrogens (tertiary/aromatic N) is 3. The Hall–Kier alpha value is -1.87. The van der Waals surface area contributed by atoms with E-state index >= 15 is 0 Å². The molecule has 0 unspecified atom stereocenters. The van der Waals surface area contributed by atoms with Crippen molar-refractivity contribution in [3.05, 3.63) is 64.0 Å². The summed E-state index contributed by atoms with van der Waals surface area (Å²) < 4.78 is 2.91. The zero-order chi connectivity index (χ0) is 16.9. The van der Waals surface area contributed by atoms with Crippen molar-refractivity contribution in [3.63, 3.8) is 0 Å². The summed E-state index contributed by atoms with van der Waals surface area (Å²) in [6.45, 7) is 2.04. The van der Waals surface area contributed by atoms with Gasteiger partial charge in [0.05, 0.1) is 17.1 Å². The Kier molecular flexibility index (Phi) is 5.52. The van der Waals surface area contributed by atoms with Gasteiger partial charge in [-0.15, -0.1) is 10.2 Å². The number of amides is 1. The SMILES string of the molecule is Cc1ccccc1-n1cnnc1SCC(=O)Nc1ccccc1I. The minimum atomic E-state index is -0.0663. The van der Waals surface area contributed by atoms with Crippen LogP contribution in [0.15, 0.2) is 60.0 Å². The normalized spacial score (nSPS) is 10.6. The van der Waals surface area contributed by atoms with Gasteiger partial charge < -0.3 is 5.32 Å². The fraction of sp³-hybridized carbons (Fsp3) is 0.118. The van der Waals surface area contributed by atoms with E-state index in [0.29, 0.717) is 5.16 Å². The summed E-state index contributed by atoms with van der Waals surface area (Å²) >= 11 is 3.57. The van der Waals surface area contributed by atoms with Crippen LogP contribution in [0.4, 0.5) is 5.69 Å². The number of para-hydroxylation sites is 2. The van der Waals surface area contributed by atoms with Gasteiger partial charge in [0.15, 0.2) is 5.16 Å². The molecule has 5 nitrogen and oxygen atoms in total. The molecule has 0 aliphatic carbocycles. The van der Waals surface area contributed by atoms with Crippen molar-refractivity contribution in [1.82, 2.24) is 14.8 Å². The molecule has 0 bridgehead atoms. The van der Waals surface area contributed by atoms with Gasteiger partial charge in [-0.25, -0.2) is 0 Å². The third kappa shape index (κ3) is 3.96. The number of aryl methyl sites for hydroxylation is 1. The number of anilines is 1. The van der Waals surface area contributed by atoms with Gasteiger partial charge in [-0.3, -0.25) is 9.36 Å². The van der Waals surface area contributed by atoms with Crippen molar-refractivity contribution >= 4 is 45.9 Å². The van der Waals surface area contributed by atoms with Crippen LogP contribution in [0.2, 0.25) is 0 Å². The van der Waals surface area contributed by atoms with E-state index in [4.69, 9.17) is 0 Å². The minimum Gasteiger partial charge on any atom is -0.324 e. The van der Waals surface area contributed by atoms with Gasteiger partial charge >= 0.3 is 0 Å². The number of carbonyl (C=O) groups is 1. The fourth-order valence-corrected chi connectivity index (χ4v) is 3.44. The molecule has 122 valence electrons. The van der Waals surface area contributed by atoms with E-state index in [1.165, 1.54) is 11.8 Å². The molecule has 0 saturated carbocycles. The van der Waals surface area contributed by atoms with Crippen molar-refractivity contribution < 1.29 is 4.79 Å². The number of benzene rings is 2. The molecule has 3 aromatic rings. The van der Waals surface area contributed by atoms with Gasteiger partial charge in [0, 0.05) is 3.57 Å². The zero-order valence-electron chi connectivity index (χ0n) is 12.9. The summed E-state index contributed by atoms with van der Waals surface area (Å²) in [6.07, 6.45) is 1.67. The first-order valence-electron chi connectivity index (χ1n) is 7.28. The summed E-state index contributed by atoms with van der Waals surface area (Å²) in [5.74, 6) is 0.207. The van der Waals surface area contributed by atoms with Crippen LogP contribution in [0.3, 0.4) is 0 Å². The molecular weight excluding hydrogens is 435 g/mol. The largest absolute Gasteiger partial charge is 0.324 e. The van der Waals surface area contributed by atoms with E-state index in [0.717, 1.165) is 20.5 Å². The zero-order valence-corrected chi connectivity index (χ0v) is 15.9. The molecular formula is C17H15IN4OS. The van der Waals surface area contributed by atoms with Gasteiger partial charge in [0.25, 0.3) is 0 Å². The van der Waals surface area contributed by atoms with Crippen LogP contribution in [-0.2, 0) is 4.79 Å².